The summed E-state index contributed by atoms with van der Waals surface area (Å²) in [6.07, 6.45) is 72.7. The van der Waals surface area contributed by atoms with Crippen molar-refractivity contribution in [3.05, 3.63) is 48.6 Å². The van der Waals surface area contributed by atoms with Crippen molar-refractivity contribution in [3.63, 3.8) is 0 Å². The SMILES string of the molecule is CCCCCC/C=C\C/C=C\CCCCCCCC(=O)OCCCCCCCC/C=C\CCCCCCCCCC(=O)NC(CO)C(O)/C=C/CCCCCCCCCCCCCCCCCC. The minimum atomic E-state index is -0.854. The molecule has 6 nitrogen and oxygen atoms in total. The first-order valence-electron chi connectivity index (χ1n) is 29.9. The van der Waals surface area contributed by atoms with Crippen LogP contribution in [0.4, 0.5) is 0 Å². The molecule has 0 saturated heterocycles. The number of amides is 1. The topological polar surface area (TPSA) is 95.9 Å². The van der Waals surface area contributed by atoms with Crippen LogP contribution in [0.3, 0.4) is 0 Å². The molecule has 0 bridgehead atoms. The molecule has 0 rings (SSSR count). The fourth-order valence-electron chi connectivity index (χ4n) is 8.95. The molecule has 0 saturated carbocycles. The first kappa shape index (κ1) is 65.8. The van der Waals surface area contributed by atoms with Gasteiger partial charge in [0.1, 0.15) is 0 Å². The van der Waals surface area contributed by atoms with Crippen molar-refractivity contribution in [1.82, 2.24) is 5.32 Å². The van der Waals surface area contributed by atoms with Gasteiger partial charge in [-0.25, -0.2) is 0 Å². The van der Waals surface area contributed by atoms with E-state index in [1.807, 2.05) is 6.08 Å². The molecule has 0 aromatic rings. The van der Waals surface area contributed by atoms with Gasteiger partial charge >= 0.3 is 5.97 Å². The number of hydrogen-bond donors (Lipinski definition) is 3. The number of carbonyl (C=O) groups is 2. The molecule has 0 heterocycles. The Hall–Kier alpha value is -2.18. The predicted octanol–water partition coefficient (Wildman–Crippen LogP) is 18.6. The quantitative estimate of drug-likeness (QED) is 0.0321. The lowest BCUT2D eigenvalue weighted by atomic mass is 10.0. The Balaban J connectivity index is 3.50. The number of aliphatic hydroxyl groups is 2. The second-order valence-electron chi connectivity index (χ2n) is 20.3. The third kappa shape index (κ3) is 53.2. The third-order valence-corrected chi connectivity index (χ3v) is 13.6. The van der Waals surface area contributed by atoms with E-state index in [0.29, 0.717) is 19.4 Å². The molecule has 68 heavy (non-hydrogen) atoms. The van der Waals surface area contributed by atoms with Gasteiger partial charge in [0.15, 0.2) is 0 Å². The van der Waals surface area contributed by atoms with Crippen LogP contribution in [0.2, 0.25) is 0 Å². The molecule has 2 unspecified atom stereocenters. The van der Waals surface area contributed by atoms with Gasteiger partial charge in [0.2, 0.25) is 5.91 Å². The van der Waals surface area contributed by atoms with Gasteiger partial charge in [0, 0.05) is 12.8 Å². The minimum Gasteiger partial charge on any atom is -0.466 e. The first-order chi connectivity index (χ1) is 33.5. The number of unbranched alkanes of at least 4 members (excludes halogenated alkanes) is 38. The molecule has 0 aromatic heterocycles. The van der Waals surface area contributed by atoms with Crippen molar-refractivity contribution in [2.45, 2.75) is 321 Å². The van der Waals surface area contributed by atoms with Crippen molar-refractivity contribution in [1.29, 1.82) is 0 Å². The van der Waals surface area contributed by atoms with Gasteiger partial charge in [0.25, 0.3) is 0 Å². The monoisotopic (exact) mass is 954 g/mol. The van der Waals surface area contributed by atoms with Crippen LogP contribution in [-0.4, -0.2) is 47.4 Å². The Morgan fingerprint density at radius 2 is 0.735 bits per heavy atom. The van der Waals surface area contributed by atoms with Gasteiger partial charge in [-0.05, 0) is 89.9 Å². The molecular weight excluding hydrogens is 839 g/mol. The Morgan fingerprint density at radius 1 is 0.412 bits per heavy atom. The van der Waals surface area contributed by atoms with Crippen LogP contribution in [-0.2, 0) is 14.3 Å². The van der Waals surface area contributed by atoms with Crippen LogP contribution in [0.1, 0.15) is 309 Å². The Bertz CT molecular complexity index is 1150. The number of allylic oxidation sites excluding steroid dienone is 7. The van der Waals surface area contributed by atoms with Crippen LogP contribution >= 0.6 is 0 Å². The highest BCUT2D eigenvalue weighted by atomic mass is 16.5. The number of aliphatic hydroxyl groups excluding tert-OH is 2. The van der Waals surface area contributed by atoms with E-state index in [9.17, 15) is 19.8 Å². The Kier molecular flexibility index (Phi) is 55.6. The van der Waals surface area contributed by atoms with Gasteiger partial charge in [-0.1, -0.05) is 255 Å². The van der Waals surface area contributed by atoms with E-state index in [4.69, 9.17) is 4.74 Å². The van der Waals surface area contributed by atoms with E-state index < -0.39 is 12.1 Å². The summed E-state index contributed by atoms with van der Waals surface area (Å²) >= 11 is 0. The maximum absolute atomic E-state index is 12.5. The third-order valence-electron chi connectivity index (χ3n) is 13.6. The summed E-state index contributed by atoms with van der Waals surface area (Å²) in [6, 6.07) is -0.639. The number of carbonyl (C=O) groups excluding carboxylic acids is 2. The summed E-state index contributed by atoms with van der Waals surface area (Å²) in [5, 5.41) is 23.1. The lowest BCUT2D eigenvalue weighted by molar-refractivity contribution is -0.143. The fourth-order valence-corrected chi connectivity index (χ4v) is 8.95. The molecule has 0 spiro atoms. The van der Waals surface area contributed by atoms with Crippen molar-refractivity contribution in [2.75, 3.05) is 13.2 Å². The second-order valence-corrected chi connectivity index (χ2v) is 20.3. The number of hydrogen-bond acceptors (Lipinski definition) is 5. The maximum Gasteiger partial charge on any atom is 0.305 e. The van der Waals surface area contributed by atoms with E-state index in [0.717, 1.165) is 64.2 Å². The van der Waals surface area contributed by atoms with Gasteiger partial charge in [-0.15, -0.1) is 0 Å². The summed E-state index contributed by atoms with van der Waals surface area (Å²) in [6.45, 7) is 4.87. The molecule has 0 aliphatic rings. The van der Waals surface area contributed by atoms with Gasteiger partial charge in [-0.2, -0.15) is 0 Å². The summed E-state index contributed by atoms with van der Waals surface area (Å²) in [5.41, 5.74) is 0. The van der Waals surface area contributed by atoms with Crippen molar-refractivity contribution in [2.24, 2.45) is 0 Å². The summed E-state index contributed by atoms with van der Waals surface area (Å²) in [7, 11) is 0. The van der Waals surface area contributed by atoms with Gasteiger partial charge in [0.05, 0.1) is 25.4 Å². The molecular formula is C62H115NO5. The average Bonchev–Trinajstić information content (AvgIpc) is 3.34. The van der Waals surface area contributed by atoms with Gasteiger partial charge < -0.3 is 20.3 Å². The first-order valence-corrected chi connectivity index (χ1v) is 29.9. The van der Waals surface area contributed by atoms with Gasteiger partial charge in [-0.3, -0.25) is 9.59 Å². The summed E-state index contributed by atoms with van der Waals surface area (Å²) in [5.74, 6) is -0.0960. The van der Waals surface area contributed by atoms with Crippen LogP contribution in [0.15, 0.2) is 48.6 Å². The number of esters is 1. The number of nitrogens with one attached hydrogen (secondary N) is 1. The van der Waals surface area contributed by atoms with E-state index in [2.05, 4.69) is 55.6 Å². The smallest absolute Gasteiger partial charge is 0.305 e. The van der Waals surface area contributed by atoms with Crippen LogP contribution < -0.4 is 5.32 Å². The second kappa shape index (κ2) is 57.4. The molecule has 3 N–H and O–H groups in total. The molecule has 0 radical (unpaired) electrons. The molecule has 0 aliphatic heterocycles. The Labute approximate surface area is 423 Å². The van der Waals surface area contributed by atoms with Crippen molar-refractivity contribution >= 4 is 11.9 Å². The highest BCUT2D eigenvalue weighted by molar-refractivity contribution is 5.76. The zero-order valence-corrected chi connectivity index (χ0v) is 45.3. The standard InChI is InChI=1S/C62H115NO5/c1-3-5-7-9-11-13-15-17-19-21-23-26-30-34-38-42-46-50-54-60(65)59(58-64)63-61(66)55-51-47-43-39-35-31-27-24-22-25-29-33-37-41-45-49-53-57-68-62(67)56-52-48-44-40-36-32-28-20-18-16-14-12-10-8-6-4-2/h14,16,20,22,25,28,50,54,59-60,64-65H,3-13,15,17-19,21,23-24,26-27,29-49,51-53,55-58H2,1-2H3,(H,63,66)/b16-14-,25-22-,28-20-,54-50+. The number of rotatable bonds is 55. The molecule has 1 amide bonds. The van der Waals surface area contributed by atoms with E-state index in [-0.39, 0.29) is 18.5 Å². The number of ether oxygens (including phenoxy) is 1. The van der Waals surface area contributed by atoms with Crippen LogP contribution in [0.5, 0.6) is 0 Å². The largest absolute Gasteiger partial charge is 0.466 e. The van der Waals surface area contributed by atoms with Crippen LogP contribution in [0.25, 0.3) is 0 Å². The zero-order valence-electron chi connectivity index (χ0n) is 45.3. The molecule has 6 heteroatoms. The maximum atomic E-state index is 12.5. The molecule has 2 atom stereocenters. The molecule has 0 aromatic carbocycles. The average molecular weight is 955 g/mol. The molecule has 0 fully saturated rings. The van der Waals surface area contributed by atoms with E-state index in [1.54, 1.807) is 6.08 Å². The van der Waals surface area contributed by atoms with Crippen molar-refractivity contribution in [3.8, 4) is 0 Å². The van der Waals surface area contributed by atoms with Crippen molar-refractivity contribution < 1.29 is 24.5 Å². The highest BCUT2D eigenvalue weighted by Crippen LogP contribution is 2.16. The zero-order chi connectivity index (χ0) is 49.3. The highest BCUT2D eigenvalue weighted by Gasteiger charge is 2.18. The fraction of sp³-hybridized carbons (Fsp3) is 0.839. The van der Waals surface area contributed by atoms with Crippen LogP contribution in [0, 0.1) is 0 Å². The normalized spacial score (nSPS) is 12.9. The molecule has 398 valence electrons. The Morgan fingerprint density at radius 3 is 1.15 bits per heavy atom. The lowest BCUT2D eigenvalue weighted by Gasteiger charge is -2.20. The minimum absolute atomic E-state index is 0.0165. The van der Waals surface area contributed by atoms with E-state index >= 15 is 0 Å². The summed E-state index contributed by atoms with van der Waals surface area (Å²) in [4.78, 5) is 24.5. The lowest BCUT2D eigenvalue weighted by Crippen LogP contribution is -2.45. The molecule has 0 aliphatic carbocycles. The predicted molar refractivity (Wildman–Crippen MR) is 296 cm³/mol. The summed E-state index contributed by atoms with van der Waals surface area (Å²) < 4.78 is 5.47. The van der Waals surface area contributed by atoms with E-state index in [1.165, 1.54) is 218 Å².